The fourth-order valence-electron chi connectivity index (χ4n) is 0.733. The van der Waals surface area contributed by atoms with Gasteiger partial charge in [0.25, 0.3) is 0 Å². The Kier molecular flexibility index (Phi) is 3.63. The van der Waals surface area contributed by atoms with Gasteiger partial charge in [0.2, 0.25) is 0 Å². The van der Waals surface area contributed by atoms with Gasteiger partial charge in [-0.05, 0) is 11.2 Å². The standard InChI is InChI=1S/C9H18S2/c1-4-9(2,3)7-10-5-8-6-11-8/h8H,4-7H2,1-3H3. The summed E-state index contributed by atoms with van der Waals surface area (Å²) < 4.78 is 0. The van der Waals surface area contributed by atoms with Gasteiger partial charge in [0.05, 0.1) is 0 Å². The van der Waals surface area contributed by atoms with Crippen molar-refractivity contribution in [2.45, 2.75) is 32.4 Å². The van der Waals surface area contributed by atoms with E-state index in [0.717, 1.165) is 5.25 Å². The molecule has 1 aliphatic rings. The van der Waals surface area contributed by atoms with E-state index in [-0.39, 0.29) is 0 Å². The third-order valence-electron chi connectivity index (χ3n) is 2.16. The Morgan fingerprint density at radius 1 is 1.55 bits per heavy atom. The van der Waals surface area contributed by atoms with E-state index in [1.165, 1.54) is 23.7 Å². The van der Waals surface area contributed by atoms with E-state index >= 15 is 0 Å². The second-order valence-electron chi connectivity index (χ2n) is 3.99. The van der Waals surface area contributed by atoms with Crippen molar-refractivity contribution in [2.24, 2.45) is 5.41 Å². The highest BCUT2D eigenvalue weighted by atomic mass is 32.2. The first-order valence-electron chi connectivity index (χ1n) is 4.33. The molecule has 0 nitrogen and oxygen atoms in total. The molecule has 1 aliphatic heterocycles. The molecule has 0 saturated carbocycles. The average Bonchev–Trinajstić information content (AvgIpc) is 2.71. The van der Waals surface area contributed by atoms with E-state index in [0.29, 0.717) is 5.41 Å². The summed E-state index contributed by atoms with van der Waals surface area (Å²) in [5, 5.41) is 1.01. The van der Waals surface area contributed by atoms with Crippen LogP contribution in [0.15, 0.2) is 0 Å². The third kappa shape index (κ3) is 4.32. The normalized spacial score (nSPS) is 23.7. The molecule has 1 unspecified atom stereocenters. The summed E-state index contributed by atoms with van der Waals surface area (Å²) in [6, 6.07) is 0. The molecule has 0 aromatic rings. The Balaban J connectivity index is 1.99. The molecule has 0 amide bonds. The Labute approximate surface area is 78.9 Å². The quantitative estimate of drug-likeness (QED) is 0.610. The average molecular weight is 190 g/mol. The van der Waals surface area contributed by atoms with Crippen molar-refractivity contribution in [3.63, 3.8) is 0 Å². The van der Waals surface area contributed by atoms with E-state index in [1.807, 2.05) is 0 Å². The van der Waals surface area contributed by atoms with Crippen LogP contribution in [0.3, 0.4) is 0 Å². The van der Waals surface area contributed by atoms with Gasteiger partial charge in [0.1, 0.15) is 0 Å². The van der Waals surface area contributed by atoms with Gasteiger partial charge in [-0.2, -0.15) is 23.5 Å². The molecule has 1 rings (SSSR count). The van der Waals surface area contributed by atoms with Gasteiger partial charge in [0, 0.05) is 16.8 Å². The molecule has 1 atom stereocenters. The van der Waals surface area contributed by atoms with Gasteiger partial charge in [-0.1, -0.05) is 27.2 Å². The van der Waals surface area contributed by atoms with Crippen molar-refractivity contribution in [3.05, 3.63) is 0 Å². The maximum absolute atomic E-state index is 2.36. The van der Waals surface area contributed by atoms with Crippen molar-refractivity contribution in [1.82, 2.24) is 0 Å². The summed E-state index contributed by atoms with van der Waals surface area (Å²) >= 11 is 4.24. The molecular formula is C9H18S2. The second kappa shape index (κ2) is 4.08. The highest BCUT2D eigenvalue weighted by Crippen LogP contribution is 2.35. The molecule has 1 fully saturated rings. The number of hydrogen-bond acceptors (Lipinski definition) is 2. The van der Waals surface area contributed by atoms with Crippen LogP contribution in [0.4, 0.5) is 0 Å². The van der Waals surface area contributed by atoms with E-state index < -0.39 is 0 Å². The Morgan fingerprint density at radius 3 is 2.64 bits per heavy atom. The van der Waals surface area contributed by atoms with Crippen LogP contribution in [-0.4, -0.2) is 22.5 Å². The fourth-order valence-corrected chi connectivity index (χ4v) is 3.07. The van der Waals surface area contributed by atoms with Crippen molar-refractivity contribution >= 4 is 23.5 Å². The van der Waals surface area contributed by atoms with Gasteiger partial charge < -0.3 is 0 Å². The zero-order valence-electron chi connectivity index (χ0n) is 7.72. The predicted molar refractivity (Wildman–Crippen MR) is 57.6 cm³/mol. The molecule has 66 valence electrons. The van der Waals surface area contributed by atoms with E-state index in [2.05, 4.69) is 44.3 Å². The molecule has 2 heteroatoms. The number of rotatable bonds is 5. The van der Waals surface area contributed by atoms with Gasteiger partial charge in [-0.25, -0.2) is 0 Å². The summed E-state index contributed by atoms with van der Waals surface area (Å²) in [6.45, 7) is 7.01. The summed E-state index contributed by atoms with van der Waals surface area (Å²) in [4.78, 5) is 0. The Bertz CT molecular complexity index is 117. The molecule has 0 aromatic carbocycles. The van der Waals surface area contributed by atoms with Gasteiger partial charge >= 0.3 is 0 Å². The predicted octanol–water partition coefficient (Wildman–Crippen LogP) is 3.27. The van der Waals surface area contributed by atoms with Crippen LogP contribution in [0.25, 0.3) is 0 Å². The zero-order chi connectivity index (χ0) is 8.32. The maximum atomic E-state index is 2.36. The molecule has 1 heterocycles. The number of hydrogen-bond donors (Lipinski definition) is 0. The van der Waals surface area contributed by atoms with Crippen LogP contribution in [0.2, 0.25) is 0 Å². The first kappa shape index (κ1) is 9.79. The first-order chi connectivity index (χ1) is 5.14. The maximum Gasteiger partial charge on any atom is 0.0229 e. The molecule has 0 radical (unpaired) electrons. The summed E-state index contributed by atoms with van der Waals surface area (Å²) in [7, 11) is 0. The minimum atomic E-state index is 0.560. The van der Waals surface area contributed by atoms with Crippen LogP contribution in [-0.2, 0) is 0 Å². The topological polar surface area (TPSA) is 0 Å². The third-order valence-corrected chi connectivity index (χ3v) is 4.96. The second-order valence-corrected chi connectivity index (χ2v) is 6.35. The lowest BCUT2D eigenvalue weighted by Gasteiger charge is -2.21. The zero-order valence-corrected chi connectivity index (χ0v) is 9.36. The van der Waals surface area contributed by atoms with Gasteiger partial charge in [0.15, 0.2) is 0 Å². The van der Waals surface area contributed by atoms with Crippen LogP contribution < -0.4 is 0 Å². The summed E-state index contributed by atoms with van der Waals surface area (Å²) in [5.41, 5.74) is 0.560. The smallest absolute Gasteiger partial charge is 0.0229 e. The number of thioether (sulfide) groups is 2. The molecule has 0 aliphatic carbocycles. The van der Waals surface area contributed by atoms with Crippen molar-refractivity contribution < 1.29 is 0 Å². The monoisotopic (exact) mass is 190 g/mol. The van der Waals surface area contributed by atoms with Gasteiger partial charge in [-0.3, -0.25) is 0 Å². The van der Waals surface area contributed by atoms with E-state index in [9.17, 15) is 0 Å². The SMILES string of the molecule is CCC(C)(C)CSCC1CS1. The summed E-state index contributed by atoms with van der Waals surface area (Å²) in [6.07, 6.45) is 1.30. The Hall–Kier alpha value is 0.700. The van der Waals surface area contributed by atoms with E-state index in [1.54, 1.807) is 0 Å². The van der Waals surface area contributed by atoms with E-state index in [4.69, 9.17) is 0 Å². The highest BCUT2D eigenvalue weighted by Gasteiger charge is 2.23. The largest absolute Gasteiger partial charge is 0.160 e. The molecule has 0 N–H and O–H groups in total. The highest BCUT2D eigenvalue weighted by molar-refractivity contribution is 8.08. The van der Waals surface area contributed by atoms with Crippen molar-refractivity contribution in [3.8, 4) is 0 Å². The van der Waals surface area contributed by atoms with Crippen LogP contribution in [0.5, 0.6) is 0 Å². The lowest BCUT2D eigenvalue weighted by Crippen LogP contribution is -2.13. The Morgan fingerprint density at radius 2 is 2.18 bits per heavy atom. The van der Waals surface area contributed by atoms with Crippen LogP contribution in [0, 0.1) is 5.41 Å². The minimum absolute atomic E-state index is 0.560. The van der Waals surface area contributed by atoms with Crippen molar-refractivity contribution in [1.29, 1.82) is 0 Å². The van der Waals surface area contributed by atoms with Gasteiger partial charge in [-0.15, -0.1) is 0 Å². The lowest BCUT2D eigenvalue weighted by atomic mass is 9.93. The molecule has 1 saturated heterocycles. The molecule has 0 bridgehead atoms. The molecule has 0 spiro atoms. The molecule has 11 heavy (non-hydrogen) atoms. The minimum Gasteiger partial charge on any atom is -0.160 e. The summed E-state index contributed by atoms with van der Waals surface area (Å²) in [5.74, 6) is 4.13. The first-order valence-corrected chi connectivity index (χ1v) is 6.54. The fraction of sp³-hybridized carbons (Fsp3) is 1.00. The molecule has 0 aromatic heterocycles. The lowest BCUT2D eigenvalue weighted by molar-refractivity contribution is 0.408. The van der Waals surface area contributed by atoms with Crippen LogP contribution >= 0.6 is 23.5 Å². The molecular weight excluding hydrogens is 172 g/mol. The van der Waals surface area contributed by atoms with Crippen LogP contribution in [0.1, 0.15) is 27.2 Å². The van der Waals surface area contributed by atoms with Crippen molar-refractivity contribution in [2.75, 3.05) is 17.3 Å².